The third kappa shape index (κ3) is 2.70. The molecule has 14 heavy (non-hydrogen) atoms. The molecule has 1 nitrogen and oxygen atoms in total. The van der Waals surface area contributed by atoms with Crippen LogP contribution in [-0.4, -0.2) is 5.78 Å². The van der Waals surface area contributed by atoms with E-state index >= 15 is 0 Å². The van der Waals surface area contributed by atoms with Crippen LogP contribution in [0.2, 0.25) is 0 Å². The maximum Gasteiger partial charge on any atom is 0.161 e. The van der Waals surface area contributed by atoms with E-state index in [0.29, 0.717) is 11.7 Å². The lowest BCUT2D eigenvalue weighted by Gasteiger charge is -2.21. The monoisotopic (exact) mass is 194 g/mol. The first-order chi connectivity index (χ1) is 6.66. The molecule has 1 saturated carbocycles. The van der Waals surface area contributed by atoms with E-state index < -0.39 is 0 Å². The summed E-state index contributed by atoms with van der Waals surface area (Å²) in [5.41, 5.74) is 2.29. The Labute approximate surface area is 87.6 Å². The molecule has 0 atom stereocenters. The SMILES string of the molecule is CCC(C)=C(C)C(=O)C1CCCCC1. The lowest BCUT2D eigenvalue weighted by atomic mass is 9.83. The van der Waals surface area contributed by atoms with Crippen molar-refractivity contribution in [2.45, 2.75) is 59.3 Å². The standard InChI is InChI=1S/C13H22O/c1-4-10(2)11(3)13(14)12-8-6-5-7-9-12/h12H,4-9H2,1-3H3. The molecular weight excluding hydrogens is 172 g/mol. The van der Waals surface area contributed by atoms with Crippen LogP contribution in [0, 0.1) is 5.92 Å². The van der Waals surface area contributed by atoms with Crippen LogP contribution in [0.3, 0.4) is 0 Å². The van der Waals surface area contributed by atoms with Crippen LogP contribution in [0.1, 0.15) is 59.3 Å². The van der Waals surface area contributed by atoms with Gasteiger partial charge in [0.05, 0.1) is 0 Å². The van der Waals surface area contributed by atoms with Crippen molar-refractivity contribution in [1.29, 1.82) is 0 Å². The van der Waals surface area contributed by atoms with E-state index in [2.05, 4.69) is 13.8 Å². The summed E-state index contributed by atoms with van der Waals surface area (Å²) in [6.45, 7) is 6.19. The van der Waals surface area contributed by atoms with Gasteiger partial charge in [0.15, 0.2) is 5.78 Å². The quantitative estimate of drug-likeness (QED) is 0.623. The number of carbonyl (C=O) groups excluding carboxylic acids is 1. The molecular formula is C13H22O. The normalized spacial score (nSPS) is 20.5. The first-order valence-electron chi connectivity index (χ1n) is 5.87. The largest absolute Gasteiger partial charge is 0.294 e. The maximum atomic E-state index is 12.0. The summed E-state index contributed by atoms with van der Waals surface area (Å²) < 4.78 is 0. The molecule has 0 N–H and O–H groups in total. The zero-order valence-electron chi connectivity index (χ0n) is 9.73. The van der Waals surface area contributed by atoms with Crippen molar-refractivity contribution >= 4 is 5.78 Å². The van der Waals surface area contributed by atoms with Gasteiger partial charge in [-0.1, -0.05) is 31.8 Å². The van der Waals surface area contributed by atoms with E-state index in [1.165, 1.54) is 24.8 Å². The van der Waals surface area contributed by atoms with Gasteiger partial charge in [0.2, 0.25) is 0 Å². The summed E-state index contributed by atoms with van der Waals surface area (Å²) in [7, 11) is 0. The highest BCUT2D eigenvalue weighted by Crippen LogP contribution is 2.27. The van der Waals surface area contributed by atoms with Gasteiger partial charge in [-0.2, -0.15) is 0 Å². The second-order valence-corrected chi connectivity index (χ2v) is 4.46. The summed E-state index contributed by atoms with van der Waals surface area (Å²) in [4.78, 5) is 12.0. The Balaban J connectivity index is 2.63. The molecule has 0 aliphatic heterocycles. The van der Waals surface area contributed by atoms with Crippen molar-refractivity contribution < 1.29 is 4.79 Å². The van der Waals surface area contributed by atoms with Gasteiger partial charge < -0.3 is 0 Å². The number of hydrogen-bond donors (Lipinski definition) is 0. The van der Waals surface area contributed by atoms with Crippen LogP contribution in [0.5, 0.6) is 0 Å². The Bertz CT molecular complexity index is 232. The predicted octanol–water partition coefficient (Wildman–Crippen LogP) is 3.88. The second-order valence-electron chi connectivity index (χ2n) is 4.46. The molecule has 0 amide bonds. The fraction of sp³-hybridized carbons (Fsp3) is 0.769. The molecule has 0 aromatic rings. The third-order valence-electron chi connectivity index (χ3n) is 3.52. The lowest BCUT2D eigenvalue weighted by molar-refractivity contribution is -0.120. The van der Waals surface area contributed by atoms with Crippen molar-refractivity contribution in [2.24, 2.45) is 5.92 Å². The maximum absolute atomic E-state index is 12.0. The van der Waals surface area contributed by atoms with Crippen LogP contribution in [0.4, 0.5) is 0 Å². The molecule has 1 rings (SSSR count). The van der Waals surface area contributed by atoms with Gasteiger partial charge >= 0.3 is 0 Å². The van der Waals surface area contributed by atoms with E-state index in [4.69, 9.17) is 0 Å². The Hall–Kier alpha value is -0.590. The van der Waals surface area contributed by atoms with Crippen molar-refractivity contribution in [1.82, 2.24) is 0 Å². The van der Waals surface area contributed by atoms with Gasteiger partial charge in [0.1, 0.15) is 0 Å². The minimum atomic E-state index is 0.338. The van der Waals surface area contributed by atoms with E-state index in [1.807, 2.05) is 6.92 Å². The van der Waals surface area contributed by atoms with E-state index in [-0.39, 0.29) is 0 Å². The number of hydrogen-bond acceptors (Lipinski definition) is 1. The van der Waals surface area contributed by atoms with Crippen LogP contribution < -0.4 is 0 Å². The average Bonchev–Trinajstić information content (AvgIpc) is 2.27. The highest BCUT2D eigenvalue weighted by atomic mass is 16.1. The van der Waals surface area contributed by atoms with Gasteiger partial charge in [0.25, 0.3) is 0 Å². The molecule has 1 fully saturated rings. The zero-order valence-corrected chi connectivity index (χ0v) is 9.73. The van der Waals surface area contributed by atoms with Crippen molar-refractivity contribution in [3.8, 4) is 0 Å². The van der Waals surface area contributed by atoms with Crippen molar-refractivity contribution in [2.75, 3.05) is 0 Å². The Kier molecular flexibility index (Phi) is 4.37. The van der Waals surface area contributed by atoms with Crippen LogP contribution in [0.15, 0.2) is 11.1 Å². The Morgan fingerprint density at radius 1 is 1.14 bits per heavy atom. The molecule has 0 aromatic heterocycles. The molecule has 80 valence electrons. The summed E-state index contributed by atoms with van der Waals surface area (Å²) in [5, 5.41) is 0. The fourth-order valence-corrected chi connectivity index (χ4v) is 2.15. The highest BCUT2D eigenvalue weighted by molar-refractivity contribution is 5.97. The van der Waals surface area contributed by atoms with Gasteiger partial charge in [0, 0.05) is 5.92 Å². The Morgan fingerprint density at radius 3 is 2.21 bits per heavy atom. The summed E-state index contributed by atoms with van der Waals surface area (Å²) in [6.07, 6.45) is 7.05. The zero-order chi connectivity index (χ0) is 10.6. The molecule has 0 aromatic carbocycles. The minimum absolute atomic E-state index is 0.338. The predicted molar refractivity (Wildman–Crippen MR) is 60.2 cm³/mol. The highest BCUT2D eigenvalue weighted by Gasteiger charge is 2.22. The lowest BCUT2D eigenvalue weighted by Crippen LogP contribution is -2.19. The number of Topliss-reactive ketones (excluding diaryl/α,β-unsaturated/α-hetero) is 1. The molecule has 0 spiro atoms. The smallest absolute Gasteiger partial charge is 0.161 e. The topological polar surface area (TPSA) is 17.1 Å². The third-order valence-corrected chi connectivity index (χ3v) is 3.52. The fourth-order valence-electron chi connectivity index (χ4n) is 2.15. The van der Waals surface area contributed by atoms with Crippen LogP contribution in [-0.2, 0) is 4.79 Å². The minimum Gasteiger partial charge on any atom is -0.294 e. The molecule has 1 aliphatic carbocycles. The van der Waals surface area contributed by atoms with Crippen molar-refractivity contribution in [3.63, 3.8) is 0 Å². The molecule has 1 heteroatoms. The summed E-state index contributed by atoms with van der Waals surface area (Å²) in [5.74, 6) is 0.759. The van der Waals surface area contributed by atoms with E-state index in [0.717, 1.165) is 24.8 Å². The van der Waals surface area contributed by atoms with Crippen LogP contribution >= 0.6 is 0 Å². The van der Waals surface area contributed by atoms with Crippen molar-refractivity contribution in [3.05, 3.63) is 11.1 Å². The first-order valence-corrected chi connectivity index (χ1v) is 5.87. The molecule has 0 saturated heterocycles. The number of ketones is 1. The van der Waals surface area contributed by atoms with E-state index in [1.54, 1.807) is 0 Å². The molecule has 0 heterocycles. The van der Waals surface area contributed by atoms with Crippen LogP contribution in [0.25, 0.3) is 0 Å². The molecule has 0 unspecified atom stereocenters. The first kappa shape index (κ1) is 11.5. The van der Waals surface area contributed by atoms with Gasteiger partial charge in [-0.3, -0.25) is 4.79 Å². The molecule has 0 radical (unpaired) electrons. The number of rotatable bonds is 3. The molecule has 0 bridgehead atoms. The second kappa shape index (κ2) is 5.33. The number of allylic oxidation sites excluding steroid dienone is 2. The molecule has 1 aliphatic rings. The summed E-state index contributed by atoms with van der Waals surface area (Å²) in [6, 6.07) is 0. The summed E-state index contributed by atoms with van der Waals surface area (Å²) >= 11 is 0. The average molecular weight is 194 g/mol. The van der Waals surface area contributed by atoms with Gasteiger partial charge in [-0.15, -0.1) is 0 Å². The van der Waals surface area contributed by atoms with E-state index in [9.17, 15) is 4.79 Å². The van der Waals surface area contributed by atoms with Gasteiger partial charge in [-0.05, 0) is 38.7 Å². The Morgan fingerprint density at radius 2 is 1.71 bits per heavy atom. The van der Waals surface area contributed by atoms with Gasteiger partial charge in [-0.25, -0.2) is 0 Å². The number of carbonyl (C=O) groups is 1.